The number of hydrogen-bond donors (Lipinski definition) is 0. The highest BCUT2D eigenvalue weighted by Gasteiger charge is 2.22. The van der Waals surface area contributed by atoms with E-state index in [-0.39, 0.29) is 11.9 Å². The standard InChI is InChI=1S/C13H14N4O2/c1-9-12(8-11-6-4-3-5-7-11)10(2)15-13(14-9)16-17(18)19/h3-7,12H,8H2,1-2H3. The quantitative estimate of drug-likeness (QED) is 0.616. The van der Waals surface area contributed by atoms with Crippen LogP contribution in [-0.4, -0.2) is 22.4 Å². The molecule has 0 bridgehead atoms. The highest BCUT2D eigenvalue weighted by Crippen LogP contribution is 2.16. The second kappa shape index (κ2) is 5.51. The van der Waals surface area contributed by atoms with Crippen molar-refractivity contribution in [1.29, 1.82) is 0 Å². The molecule has 1 aromatic rings. The van der Waals surface area contributed by atoms with E-state index in [0.29, 0.717) is 0 Å². The van der Waals surface area contributed by atoms with Gasteiger partial charge >= 0.3 is 5.96 Å². The molecule has 0 atom stereocenters. The first-order valence-corrected chi connectivity index (χ1v) is 5.93. The van der Waals surface area contributed by atoms with Crippen LogP contribution in [0.3, 0.4) is 0 Å². The lowest BCUT2D eigenvalue weighted by atomic mass is 9.91. The molecule has 6 heteroatoms. The van der Waals surface area contributed by atoms with Crippen molar-refractivity contribution in [3.63, 3.8) is 0 Å². The van der Waals surface area contributed by atoms with Crippen LogP contribution < -0.4 is 0 Å². The van der Waals surface area contributed by atoms with Crippen LogP contribution in [-0.2, 0) is 6.42 Å². The molecule has 0 unspecified atom stereocenters. The zero-order valence-electron chi connectivity index (χ0n) is 10.8. The van der Waals surface area contributed by atoms with Crippen molar-refractivity contribution >= 4 is 17.4 Å². The summed E-state index contributed by atoms with van der Waals surface area (Å²) in [5.74, 6) is -0.00239. The maximum atomic E-state index is 10.3. The molecule has 98 valence electrons. The molecule has 1 aliphatic rings. The van der Waals surface area contributed by atoms with E-state index < -0.39 is 5.03 Å². The van der Waals surface area contributed by atoms with Gasteiger partial charge in [0.1, 0.15) is 5.10 Å². The lowest BCUT2D eigenvalue weighted by molar-refractivity contribution is -0.485. The molecule has 0 amide bonds. The summed E-state index contributed by atoms with van der Waals surface area (Å²) in [6.45, 7) is 3.70. The molecule has 1 aliphatic heterocycles. The number of rotatable bonds is 3. The molecule has 1 aromatic carbocycles. The summed E-state index contributed by atoms with van der Waals surface area (Å²) in [5.41, 5.74) is 2.79. The Balaban J connectivity index is 2.21. The molecule has 0 aromatic heterocycles. The fourth-order valence-electron chi connectivity index (χ4n) is 2.06. The van der Waals surface area contributed by atoms with E-state index in [1.165, 1.54) is 5.56 Å². The Kier molecular flexibility index (Phi) is 3.79. The topological polar surface area (TPSA) is 80.2 Å². The minimum Gasteiger partial charge on any atom is -0.233 e. The average molecular weight is 258 g/mol. The Morgan fingerprint density at radius 1 is 1.21 bits per heavy atom. The molecular weight excluding hydrogens is 244 g/mol. The van der Waals surface area contributed by atoms with Crippen LogP contribution >= 0.6 is 0 Å². The van der Waals surface area contributed by atoms with E-state index in [4.69, 9.17) is 0 Å². The molecule has 6 nitrogen and oxygen atoms in total. The number of nitrogens with zero attached hydrogens (tertiary/aromatic N) is 4. The van der Waals surface area contributed by atoms with Gasteiger partial charge in [-0.2, -0.15) is 0 Å². The lowest BCUT2D eigenvalue weighted by Crippen LogP contribution is -2.27. The highest BCUT2D eigenvalue weighted by molar-refractivity contribution is 6.16. The number of hydrazone groups is 1. The van der Waals surface area contributed by atoms with Gasteiger partial charge in [0.25, 0.3) is 0 Å². The third kappa shape index (κ3) is 3.31. The van der Waals surface area contributed by atoms with E-state index in [2.05, 4.69) is 15.1 Å². The summed E-state index contributed by atoms with van der Waals surface area (Å²) >= 11 is 0. The van der Waals surface area contributed by atoms with Crippen molar-refractivity contribution in [3.05, 3.63) is 46.0 Å². The van der Waals surface area contributed by atoms with E-state index >= 15 is 0 Å². The van der Waals surface area contributed by atoms with E-state index in [1.807, 2.05) is 44.2 Å². The molecule has 0 spiro atoms. The molecule has 0 saturated carbocycles. The number of benzene rings is 1. The molecular formula is C13H14N4O2. The van der Waals surface area contributed by atoms with Gasteiger partial charge in [-0.25, -0.2) is 20.1 Å². The van der Waals surface area contributed by atoms with Gasteiger partial charge in [0.05, 0.1) is 0 Å². The van der Waals surface area contributed by atoms with Gasteiger partial charge in [-0.1, -0.05) is 30.3 Å². The summed E-state index contributed by atoms with van der Waals surface area (Å²) < 4.78 is 0. The van der Waals surface area contributed by atoms with Gasteiger partial charge in [0.2, 0.25) is 0 Å². The van der Waals surface area contributed by atoms with Crippen LogP contribution in [0.15, 0.2) is 45.4 Å². The molecule has 19 heavy (non-hydrogen) atoms. The number of nitro groups is 1. The fourth-order valence-corrected chi connectivity index (χ4v) is 2.06. The van der Waals surface area contributed by atoms with Gasteiger partial charge in [-0.15, -0.1) is 0 Å². The van der Waals surface area contributed by atoms with Gasteiger partial charge in [-0.05, 0) is 25.8 Å². The minimum atomic E-state index is -0.777. The van der Waals surface area contributed by atoms with E-state index in [9.17, 15) is 10.1 Å². The summed E-state index contributed by atoms with van der Waals surface area (Å²) in [5, 5.41) is 12.7. The van der Waals surface area contributed by atoms with E-state index in [1.54, 1.807) is 0 Å². The average Bonchev–Trinajstić information content (AvgIpc) is 2.34. The summed E-state index contributed by atoms with van der Waals surface area (Å²) in [7, 11) is 0. The Labute approximate surface area is 110 Å². The summed E-state index contributed by atoms with van der Waals surface area (Å²) in [6.07, 6.45) is 0.789. The summed E-state index contributed by atoms with van der Waals surface area (Å²) in [6, 6.07) is 10.0. The molecule has 0 N–H and O–H groups in total. The van der Waals surface area contributed by atoms with Crippen molar-refractivity contribution in [2.75, 3.05) is 0 Å². The van der Waals surface area contributed by atoms with Gasteiger partial charge in [-0.3, -0.25) is 0 Å². The van der Waals surface area contributed by atoms with Crippen LogP contribution in [0.5, 0.6) is 0 Å². The SMILES string of the molecule is CC1=NC(=N[N+](=O)[O-])N=C(C)C1Cc1ccccc1. The van der Waals surface area contributed by atoms with Crippen LogP contribution in [0, 0.1) is 16.0 Å². The molecule has 0 radical (unpaired) electrons. The first kappa shape index (κ1) is 13.1. The normalized spacial score (nSPS) is 18.6. The predicted molar refractivity (Wildman–Crippen MR) is 74.3 cm³/mol. The second-order valence-corrected chi connectivity index (χ2v) is 4.39. The number of aliphatic imine (C=N–C) groups is 2. The molecule has 1 heterocycles. The molecule has 2 rings (SSSR count). The Bertz CT molecular complexity index is 554. The number of guanidine groups is 1. The van der Waals surface area contributed by atoms with Crippen LogP contribution in [0.25, 0.3) is 0 Å². The van der Waals surface area contributed by atoms with Crippen molar-refractivity contribution in [2.24, 2.45) is 21.0 Å². The largest absolute Gasteiger partial charge is 0.320 e. The van der Waals surface area contributed by atoms with Crippen LogP contribution in [0.1, 0.15) is 19.4 Å². The van der Waals surface area contributed by atoms with Gasteiger partial charge < -0.3 is 0 Å². The van der Waals surface area contributed by atoms with Gasteiger partial charge in [0.15, 0.2) is 5.03 Å². The maximum Gasteiger partial charge on any atom is 0.320 e. The predicted octanol–water partition coefficient (Wildman–Crippen LogP) is 2.33. The highest BCUT2D eigenvalue weighted by atomic mass is 16.7. The van der Waals surface area contributed by atoms with Crippen LogP contribution in [0.4, 0.5) is 0 Å². The Morgan fingerprint density at radius 3 is 2.32 bits per heavy atom. The fraction of sp³-hybridized carbons (Fsp3) is 0.308. The van der Waals surface area contributed by atoms with Crippen molar-refractivity contribution in [2.45, 2.75) is 20.3 Å². The molecule has 0 fully saturated rings. The van der Waals surface area contributed by atoms with Gasteiger partial charge in [0, 0.05) is 17.3 Å². The Hall–Kier alpha value is -2.37. The van der Waals surface area contributed by atoms with Crippen molar-refractivity contribution < 1.29 is 5.03 Å². The molecule has 0 aliphatic carbocycles. The van der Waals surface area contributed by atoms with E-state index in [0.717, 1.165) is 17.8 Å². The monoisotopic (exact) mass is 258 g/mol. The van der Waals surface area contributed by atoms with Crippen molar-refractivity contribution in [3.8, 4) is 0 Å². The third-order valence-electron chi connectivity index (χ3n) is 3.02. The lowest BCUT2D eigenvalue weighted by Gasteiger charge is -2.19. The van der Waals surface area contributed by atoms with Crippen LogP contribution in [0.2, 0.25) is 0 Å². The second-order valence-electron chi connectivity index (χ2n) is 4.39. The number of hydrogen-bond acceptors (Lipinski definition) is 2. The molecule has 0 saturated heterocycles. The maximum absolute atomic E-state index is 10.3. The van der Waals surface area contributed by atoms with Crippen molar-refractivity contribution in [1.82, 2.24) is 0 Å². The first-order valence-electron chi connectivity index (χ1n) is 5.93. The zero-order valence-corrected chi connectivity index (χ0v) is 10.8. The summed E-state index contributed by atoms with van der Waals surface area (Å²) in [4.78, 5) is 18.5. The zero-order chi connectivity index (χ0) is 13.8. The minimum absolute atomic E-state index is 0.0769. The smallest absolute Gasteiger partial charge is 0.233 e. The first-order chi connectivity index (χ1) is 9.06. The third-order valence-corrected chi connectivity index (χ3v) is 3.02. The Morgan fingerprint density at radius 2 is 1.79 bits per heavy atom.